The Morgan fingerprint density at radius 1 is 1.42 bits per heavy atom. The van der Waals surface area contributed by atoms with Gasteiger partial charge in [0.05, 0.1) is 23.6 Å². The molecule has 1 aliphatic heterocycles. The predicted molar refractivity (Wildman–Crippen MR) is 67.8 cm³/mol. The van der Waals surface area contributed by atoms with Crippen molar-refractivity contribution in [1.82, 2.24) is 0 Å². The quantitative estimate of drug-likeness (QED) is 0.647. The SMILES string of the molecule is CC(CCO)(c1ccccc1[N+](=O)[O-])C1OCCO1. The summed E-state index contributed by atoms with van der Waals surface area (Å²) in [7, 11) is 0. The number of ether oxygens (including phenoxy) is 2. The lowest BCUT2D eigenvalue weighted by atomic mass is 9.78. The summed E-state index contributed by atoms with van der Waals surface area (Å²) < 4.78 is 11.0. The van der Waals surface area contributed by atoms with Crippen LogP contribution in [0.25, 0.3) is 0 Å². The molecule has 1 saturated heterocycles. The highest BCUT2D eigenvalue weighted by Gasteiger charge is 2.43. The summed E-state index contributed by atoms with van der Waals surface area (Å²) in [5, 5.41) is 20.4. The molecule has 104 valence electrons. The maximum atomic E-state index is 11.1. The average molecular weight is 267 g/mol. The Kier molecular flexibility index (Phi) is 4.14. The highest BCUT2D eigenvalue weighted by Crippen LogP contribution is 2.39. The van der Waals surface area contributed by atoms with E-state index >= 15 is 0 Å². The number of hydrogen-bond donors (Lipinski definition) is 1. The largest absolute Gasteiger partial charge is 0.396 e. The highest BCUT2D eigenvalue weighted by atomic mass is 16.7. The van der Waals surface area contributed by atoms with Gasteiger partial charge >= 0.3 is 0 Å². The third kappa shape index (κ3) is 2.60. The van der Waals surface area contributed by atoms with Gasteiger partial charge in [-0.05, 0) is 6.42 Å². The van der Waals surface area contributed by atoms with Gasteiger partial charge in [0.25, 0.3) is 5.69 Å². The summed E-state index contributed by atoms with van der Waals surface area (Å²) in [6, 6.07) is 6.52. The number of hydrogen-bond acceptors (Lipinski definition) is 5. The van der Waals surface area contributed by atoms with E-state index in [0.717, 1.165) is 0 Å². The summed E-state index contributed by atoms with van der Waals surface area (Å²) in [5.41, 5.74) is -0.187. The second kappa shape index (κ2) is 5.64. The van der Waals surface area contributed by atoms with Gasteiger partial charge in [-0.3, -0.25) is 10.1 Å². The van der Waals surface area contributed by atoms with Crippen LogP contribution in [0.5, 0.6) is 0 Å². The van der Waals surface area contributed by atoms with Crippen molar-refractivity contribution in [2.24, 2.45) is 0 Å². The van der Waals surface area contributed by atoms with Crippen LogP contribution in [-0.2, 0) is 14.9 Å². The molecule has 0 aliphatic carbocycles. The Labute approximate surface area is 111 Å². The molecule has 1 heterocycles. The Hall–Kier alpha value is -1.50. The fourth-order valence-corrected chi connectivity index (χ4v) is 2.45. The molecule has 6 nitrogen and oxygen atoms in total. The molecule has 1 aromatic carbocycles. The van der Waals surface area contributed by atoms with Crippen LogP contribution >= 0.6 is 0 Å². The van der Waals surface area contributed by atoms with E-state index in [4.69, 9.17) is 9.47 Å². The molecular formula is C13H17NO5. The Bertz CT molecular complexity index is 458. The van der Waals surface area contributed by atoms with Crippen LogP contribution in [0.15, 0.2) is 24.3 Å². The van der Waals surface area contributed by atoms with Crippen molar-refractivity contribution >= 4 is 5.69 Å². The van der Waals surface area contributed by atoms with Gasteiger partial charge in [-0.25, -0.2) is 0 Å². The fourth-order valence-electron chi connectivity index (χ4n) is 2.45. The van der Waals surface area contributed by atoms with Crippen LogP contribution in [0.3, 0.4) is 0 Å². The van der Waals surface area contributed by atoms with E-state index in [1.807, 2.05) is 6.92 Å². The third-order valence-corrected chi connectivity index (χ3v) is 3.49. The Morgan fingerprint density at radius 2 is 2.05 bits per heavy atom. The number of nitro groups is 1. The molecule has 1 unspecified atom stereocenters. The molecule has 1 aliphatic rings. The predicted octanol–water partition coefficient (Wildman–Crippen LogP) is 1.61. The average Bonchev–Trinajstić information content (AvgIpc) is 2.93. The minimum absolute atomic E-state index is 0.0255. The van der Waals surface area contributed by atoms with Gasteiger partial charge < -0.3 is 14.6 Å². The number of para-hydroxylation sites is 1. The first-order valence-electron chi connectivity index (χ1n) is 6.17. The maximum absolute atomic E-state index is 11.1. The zero-order valence-electron chi connectivity index (χ0n) is 10.7. The van der Waals surface area contributed by atoms with Crippen LogP contribution < -0.4 is 0 Å². The lowest BCUT2D eigenvalue weighted by Gasteiger charge is -2.33. The molecule has 1 fully saturated rings. The molecule has 0 amide bonds. The van der Waals surface area contributed by atoms with Crippen molar-refractivity contribution in [3.05, 3.63) is 39.9 Å². The van der Waals surface area contributed by atoms with Crippen LogP contribution in [0.1, 0.15) is 18.9 Å². The smallest absolute Gasteiger partial charge is 0.273 e. The summed E-state index contributed by atoms with van der Waals surface area (Å²) in [6.07, 6.45) is -0.233. The molecule has 0 aromatic heterocycles. The number of rotatable bonds is 5. The van der Waals surface area contributed by atoms with Crippen molar-refractivity contribution < 1.29 is 19.5 Å². The van der Waals surface area contributed by atoms with Crippen LogP contribution in [0.4, 0.5) is 5.69 Å². The minimum atomic E-state index is -0.741. The summed E-state index contributed by atoms with van der Waals surface area (Å²) in [4.78, 5) is 10.7. The standard InChI is InChI=1S/C13H17NO5/c1-13(6-7-15,12-18-8-9-19-12)10-4-2-3-5-11(10)14(16)17/h2-5,12,15H,6-9H2,1H3. The molecule has 0 saturated carbocycles. The van der Waals surface area contributed by atoms with Crippen LogP contribution in [-0.4, -0.2) is 36.1 Å². The summed E-state index contributed by atoms with van der Waals surface area (Å²) in [5.74, 6) is 0. The van der Waals surface area contributed by atoms with E-state index in [1.54, 1.807) is 18.2 Å². The van der Waals surface area contributed by atoms with Gasteiger partial charge in [-0.2, -0.15) is 0 Å². The van der Waals surface area contributed by atoms with E-state index in [-0.39, 0.29) is 12.3 Å². The number of nitrogens with zero attached hydrogens (tertiary/aromatic N) is 1. The molecule has 1 aromatic rings. The van der Waals surface area contributed by atoms with E-state index in [2.05, 4.69) is 0 Å². The maximum Gasteiger partial charge on any atom is 0.273 e. The Morgan fingerprint density at radius 3 is 2.63 bits per heavy atom. The number of benzene rings is 1. The summed E-state index contributed by atoms with van der Waals surface area (Å²) in [6.45, 7) is 2.66. The van der Waals surface area contributed by atoms with Crippen LogP contribution in [0, 0.1) is 10.1 Å². The Balaban J connectivity index is 2.46. The molecule has 19 heavy (non-hydrogen) atoms. The van der Waals surface area contributed by atoms with E-state index in [1.165, 1.54) is 6.07 Å². The molecule has 1 atom stereocenters. The second-order valence-corrected chi connectivity index (χ2v) is 4.74. The third-order valence-electron chi connectivity index (χ3n) is 3.49. The van der Waals surface area contributed by atoms with Crippen LogP contribution in [0.2, 0.25) is 0 Å². The van der Waals surface area contributed by atoms with Crippen molar-refractivity contribution in [1.29, 1.82) is 0 Å². The van der Waals surface area contributed by atoms with Crippen molar-refractivity contribution in [2.45, 2.75) is 25.0 Å². The monoisotopic (exact) mass is 267 g/mol. The lowest BCUT2D eigenvalue weighted by Crippen LogP contribution is -2.39. The normalized spacial score (nSPS) is 19.3. The van der Waals surface area contributed by atoms with Gasteiger partial charge in [-0.1, -0.05) is 25.1 Å². The van der Waals surface area contributed by atoms with Gasteiger partial charge in [-0.15, -0.1) is 0 Å². The molecule has 0 spiro atoms. The first-order valence-corrected chi connectivity index (χ1v) is 6.17. The number of aliphatic hydroxyl groups is 1. The number of nitro benzene ring substituents is 1. The zero-order chi connectivity index (χ0) is 13.9. The minimum Gasteiger partial charge on any atom is -0.396 e. The molecule has 0 radical (unpaired) electrons. The van der Waals surface area contributed by atoms with Crippen molar-refractivity contribution in [2.75, 3.05) is 19.8 Å². The van der Waals surface area contributed by atoms with Gasteiger partial charge in [0.2, 0.25) is 0 Å². The van der Waals surface area contributed by atoms with Crippen molar-refractivity contribution in [3.63, 3.8) is 0 Å². The summed E-state index contributed by atoms with van der Waals surface area (Å²) >= 11 is 0. The van der Waals surface area contributed by atoms with Gasteiger partial charge in [0.15, 0.2) is 6.29 Å². The first-order chi connectivity index (χ1) is 9.09. The first kappa shape index (κ1) is 13.9. The van der Waals surface area contributed by atoms with Gasteiger partial charge in [0.1, 0.15) is 0 Å². The van der Waals surface area contributed by atoms with Gasteiger partial charge in [0, 0.05) is 18.2 Å². The highest BCUT2D eigenvalue weighted by molar-refractivity contribution is 5.45. The van der Waals surface area contributed by atoms with Crippen molar-refractivity contribution in [3.8, 4) is 0 Å². The fraction of sp³-hybridized carbons (Fsp3) is 0.538. The molecule has 2 rings (SSSR count). The number of aliphatic hydroxyl groups excluding tert-OH is 1. The molecule has 1 N–H and O–H groups in total. The van der Waals surface area contributed by atoms with E-state index in [9.17, 15) is 15.2 Å². The van der Waals surface area contributed by atoms with E-state index in [0.29, 0.717) is 25.2 Å². The molecular weight excluding hydrogens is 250 g/mol. The second-order valence-electron chi connectivity index (χ2n) is 4.74. The zero-order valence-corrected chi connectivity index (χ0v) is 10.7. The van der Waals surface area contributed by atoms with E-state index < -0.39 is 16.6 Å². The topological polar surface area (TPSA) is 81.8 Å². The lowest BCUT2D eigenvalue weighted by molar-refractivity contribution is -0.386. The molecule has 0 bridgehead atoms. The molecule has 6 heteroatoms.